The average Bonchev–Trinajstić information content (AvgIpc) is 3.01. The number of pyridine rings is 1. The van der Waals surface area contributed by atoms with Crippen LogP contribution in [0, 0.1) is 0 Å². The van der Waals surface area contributed by atoms with Crippen LogP contribution < -0.4 is 9.47 Å². The van der Waals surface area contributed by atoms with Crippen LogP contribution in [0.3, 0.4) is 0 Å². The largest absolute Gasteiger partial charge is 0.454 e. The zero-order valence-electron chi connectivity index (χ0n) is 10.9. The van der Waals surface area contributed by atoms with Gasteiger partial charge in [-0.25, -0.2) is 0 Å². The summed E-state index contributed by atoms with van der Waals surface area (Å²) in [6, 6.07) is 11.4. The first-order chi connectivity index (χ1) is 10.3. The van der Waals surface area contributed by atoms with Crippen LogP contribution in [0.2, 0.25) is 0 Å². The van der Waals surface area contributed by atoms with Crippen LogP contribution >= 0.6 is 0 Å². The van der Waals surface area contributed by atoms with E-state index in [1.165, 1.54) is 0 Å². The number of ketones is 1. The molecule has 21 heavy (non-hydrogen) atoms. The number of ether oxygens (including phenoxy) is 2. The van der Waals surface area contributed by atoms with Crippen molar-refractivity contribution >= 4 is 16.6 Å². The number of benzene rings is 2. The molecule has 3 aromatic rings. The number of nitrogens with zero attached hydrogens (tertiary/aromatic N) is 1. The Bertz CT molecular complexity index is 946. The topological polar surface area (TPSA) is 48.4 Å². The number of hydrogen-bond donors (Lipinski definition) is 0. The molecule has 5 rings (SSSR count). The number of carbonyl (C=O) groups excluding carboxylic acids is 1. The fraction of sp³-hybridized carbons (Fsp3) is 0.0588. The highest BCUT2D eigenvalue weighted by Crippen LogP contribution is 2.47. The van der Waals surface area contributed by atoms with Crippen molar-refractivity contribution in [1.29, 1.82) is 0 Å². The maximum absolute atomic E-state index is 12.7. The smallest absolute Gasteiger partial charge is 0.231 e. The molecule has 2 aliphatic rings. The number of hydrogen-bond acceptors (Lipinski definition) is 4. The quantitative estimate of drug-likeness (QED) is 0.494. The van der Waals surface area contributed by atoms with Crippen molar-refractivity contribution in [2.75, 3.05) is 6.79 Å². The van der Waals surface area contributed by atoms with Gasteiger partial charge in [0.2, 0.25) is 12.6 Å². The first kappa shape index (κ1) is 10.9. The molecule has 0 bridgehead atoms. The van der Waals surface area contributed by atoms with Crippen LogP contribution in [-0.4, -0.2) is 17.6 Å². The lowest BCUT2D eigenvalue weighted by Gasteiger charge is -2.19. The number of fused-ring (bicyclic) bond motifs is 4. The summed E-state index contributed by atoms with van der Waals surface area (Å²) in [6.07, 6.45) is 1.65. The van der Waals surface area contributed by atoms with E-state index in [2.05, 4.69) is 4.98 Å². The summed E-state index contributed by atoms with van der Waals surface area (Å²) in [5.41, 5.74) is 3.07. The molecule has 1 aromatic heterocycles. The van der Waals surface area contributed by atoms with Gasteiger partial charge in [0.25, 0.3) is 0 Å². The zero-order valence-corrected chi connectivity index (χ0v) is 10.9. The van der Waals surface area contributed by atoms with E-state index in [1.54, 1.807) is 6.20 Å². The van der Waals surface area contributed by atoms with Gasteiger partial charge in [-0.3, -0.25) is 9.78 Å². The summed E-state index contributed by atoms with van der Waals surface area (Å²) in [6.45, 7) is 0.209. The maximum Gasteiger partial charge on any atom is 0.231 e. The Balaban J connectivity index is 2.04. The van der Waals surface area contributed by atoms with Crippen LogP contribution in [0.15, 0.2) is 42.6 Å². The van der Waals surface area contributed by atoms with Gasteiger partial charge in [0.05, 0.1) is 0 Å². The lowest BCUT2D eigenvalue weighted by atomic mass is 9.85. The lowest BCUT2D eigenvalue weighted by molar-refractivity contribution is 0.103. The molecule has 2 heterocycles. The van der Waals surface area contributed by atoms with Crippen LogP contribution in [0.1, 0.15) is 16.1 Å². The molecule has 0 N–H and O–H groups in total. The van der Waals surface area contributed by atoms with E-state index < -0.39 is 0 Å². The molecule has 0 fully saturated rings. The summed E-state index contributed by atoms with van der Waals surface area (Å²) in [5, 5.41) is 1.73. The van der Waals surface area contributed by atoms with Gasteiger partial charge in [0.1, 0.15) is 5.69 Å². The molecule has 4 nitrogen and oxygen atoms in total. The second-order valence-electron chi connectivity index (χ2n) is 5.11. The van der Waals surface area contributed by atoms with Crippen molar-refractivity contribution in [3.05, 3.63) is 53.9 Å². The maximum atomic E-state index is 12.7. The van der Waals surface area contributed by atoms with Gasteiger partial charge in [0, 0.05) is 22.5 Å². The third-order valence-electron chi connectivity index (χ3n) is 4.06. The zero-order chi connectivity index (χ0) is 14.0. The van der Waals surface area contributed by atoms with Gasteiger partial charge in [-0.05, 0) is 23.3 Å². The van der Waals surface area contributed by atoms with Gasteiger partial charge >= 0.3 is 0 Å². The summed E-state index contributed by atoms with van der Waals surface area (Å²) < 4.78 is 11.1. The fourth-order valence-electron chi connectivity index (χ4n) is 3.16. The Hall–Kier alpha value is -2.88. The second-order valence-corrected chi connectivity index (χ2v) is 5.11. The summed E-state index contributed by atoms with van der Waals surface area (Å²) >= 11 is 0. The molecule has 4 heteroatoms. The molecule has 0 spiro atoms. The monoisotopic (exact) mass is 275 g/mol. The molecule has 1 aliphatic carbocycles. The Morgan fingerprint density at radius 1 is 1.00 bits per heavy atom. The Labute approximate surface area is 119 Å². The molecule has 0 amide bonds. The van der Waals surface area contributed by atoms with Gasteiger partial charge in [0.15, 0.2) is 11.5 Å². The SMILES string of the molecule is O=C1c2ccccc2-c2cc3c(c4ccnc1c24)OCO3. The predicted molar refractivity (Wildman–Crippen MR) is 76.7 cm³/mol. The van der Waals surface area contributed by atoms with E-state index in [9.17, 15) is 4.79 Å². The van der Waals surface area contributed by atoms with Crippen molar-refractivity contribution in [2.24, 2.45) is 0 Å². The summed E-state index contributed by atoms with van der Waals surface area (Å²) in [4.78, 5) is 17.0. The molecule has 0 atom stereocenters. The van der Waals surface area contributed by atoms with E-state index in [-0.39, 0.29) is 12.6 Å². The van der Waals surface area contributed by atoms with Gasteiger partial charge in [-0.2, -0.15) is 0 Å². The molecule has 0 unspecified atom stereocenters. The van der Waals surface area contributed by atoms with Crippen molar-refractivity contribution in [3.8, 4) is 22.6 Å². The summed E-state index contributed by atoms with van der Waals surface area (Å²) in [5.74, 6) is 1.38. The average molecular weight is 275 g/mol. The molecular formula is C17H9NO3. The van der Waals surface area contributed by atoms with Crippen molar-refractivity contribution in [1.82, 2.24) is 4.98 Å². The second kappa shape index (κ2) is 3.61. The Morgan fingerprint density at radius 2 is 1.86 bits per heavy atom. The van der Waals surface area contributed by atoms with Gasteiger partial charge < -0.3 is 9.47 Å². The van der Waals surface area contributed by atoms with Gasteiger partial charge in [-0.1, -0.05) is 24.3 Å². The number of rotatable bonds is 0. The van der Waals surface area contributed by atoms with Crippen LogP contribution in [0.25, 0.3) is 21.9 Å². The third-order valence-corrected chi connectivity index (χ3v) is 4.06. The van der Waals surface area contributed by atoms with E-state index in [0.717, 1.165) is 27.6 Å². The highest BCUT2D eigenvalue weighted by atomic mass is 16.7. The third kappa shape index (κ3) is 1.24. The lowest BCUT2D eigenvalue weighted by Crippen LogP contribution is -2.11. The van der Waals surface area contributed by atoms with E-state index in [4.69, 9.17) is 9.47 Å². The van der Waals surface area contributed by atoms with Crippen molar-refractivity contribution in [3.63, 3.8) is 0 Å². The van der Waals surface area contributed by atoms with E-state index in [1.807, 2.05) is 36.4 Å². The van der Waals surface area contributed by atoms with Crippen molar-refractivity contribution < 1.29 is 14.3 Å². The van der Waals surface area contributed by atoms with Crippen LogP contribution in [0.4, 0.5) is 0 Å². The fourth-order valence-corrected chi connectivity index (χ4v) is 3.16. The first-order valence-electron chi connectivity index (χ1n) is 6.70. The van der Waals surface area contributed by atoms with Gasteiger partial charge in [-0.15, -0.1) is 0 Å². The highest BCUT2D eigenvalue weighted by molar-refractivity contribution is 6.25. The predicted octanol–water partition coefficient (Wildman–Crippen LogP) is 3.17. The highest BCUT2D eigenvalue weighted by Gasteiger charge is 2.30. The molecule has 1 aliphatic heterocycles. The minimum absolute atomic E-state index is 0.0393. The van der Waals surface area contributed by atoms with E-state index >= 15 is 0 Å². The summed E-state index contributed by atoms with van der Waals surface area (Å²) in [7, 11) is 0. The molecule has 0 saturated heterocycles. The standard InChI is InChI=1S/C17H9NO3/c19-16-10-4-2-1-3-9(10)12-7-13-17(21-8-20-13)11-5-6-18-15(16)14(11)12/h1-7H,8H2. The Morgan fingerprint density at radius 3 is 2.76 bits per heavy atom. The minimum Gasteiger partial charge on any atom is -0.454 e. The molecule has 2 aromatic carbocycles. The Kier molecular flexibility index (Phi) is 1.86. The number of aromatic nitrogens is 1. The number of carbonyl (C=O) groups is 1. The van der Waals surface area contributed by atoms with E-state index in [0.29, 0.717) is 17.0 Å². The molecule has 100 valence electrons. The molecule has 0 radical (unpaired) electrons. The van der Waals surface area contributed by atoms with Crippen molar-refractivity contribution in [2.45, 2.75) is 0 Å². The first-order valence-corrected chi connectivity index (χ1v) is 6.70. The van der Waals surface area contributed by atoms with Crippen LogP contribution in [0.5, 0.6) is 11.5 Å². The molecule has 0 saturated carbocycles. The normalized spacial score (nSPS) is 14.4. The van der Waals surface area contributed by atoms with Crippen LogP contribution in [-0.2, 0) is 0 Å². The minimum atomic E-state index is -0.0393. The molecular weight excluding hydrogens is 266 g/mol.